The molecule has 1 radical (unpaired) electrons. The zero-order chi connectivity index (χ0) is 18.1. The van der Waals surface area contributed by atoms with Crippen LogP contribution in [0.15, 0.2) is 0 Å². The summed E-state index contributed by atoms with van der Waals surface area (Å²) in [5, 5.41) is 0. The Balaban J connectivity index is 0. The van der Waals surface area contributed by atoms with Crippen LogP contribution in [0.4, 0.5) is 0 Å². The van der Waals surface area contributed by atoms with Crippen LogP contribution in [0.1, 0.15) is 96.8 Å². The summed E-state index contributed by atoms with van der Waals surface area (Å²) in [5.41, 5.74) is 5.15. The third kappa shape index (κ3) is 21.2. The van der Waals surface area contributed by atoms with E-state index in [1.54, 1.807) is 0 Å². The van der Waals surface area contributed by atoms with Gasteiger partial charge in [-0.2, -0.15) is 8.42 Å². The maximum Gasteiger partial charge on any atom is 0.322 e. The Hall–Kier alpha value is 1.02. The molecule has 0 fully saturated rings. The van der Waals surface area contributed by atoms with E-state index in [4.69, 9.17) is 5.73 Å². The van der Waals surface area contributed by atoms with E-state index in [9.17, 15) is 13.2 Å². The normalized spacial score (nSPS) is 11.1. The minimum absolute atomic E-state index is 0. The molecule has 25 heavy (non-hydrogen) atoms. The van der Waals surface area contributed by atoms with Gasteiger partial charge in [0.15, 0.2) is 0 Å². The van der Waals surface area contributed by atoms with Crippen molar-refractivity contribution < 1.29 is 17.4 Å². The van der Waals surface area contributed by atoms with Crippen molar-refractivity contribution in [3.63, 3.8) is 0 Å². The molecule has 0 spiro atoms. The molecule has 0 saturated heterocycles. The van der Waals surface area contributed by atoms with E-state index in [1.165, 1.54) is 64.2 Å². The molecule has 0 aromatic carbocycles. The van der Waals surface area contributed by atoms with Gasteiger partial charge in [-0.05, 0) is 6.42 Å². The van der Waals surface area contributed by atoms with E-state index < -0.39 is 16.1 Å². The molecule has 0 aromatic rings. The number of hydrogen-bond acceptors (Lipinski definition) is 5. The number of hydrogen-bond donors (Lipinski definition) is 1. The topological polar surface area (TPSA) is 86.5 Å². The molecular formula is C18H37KNO4S. The molecule has 0 atom stereocenters. The van der Waals surface area contributed by atoms with Crippen molar-refractivity contribution in [1.29, 1.82) is 0 Å². The minimum Gasteiger partial charge on any atom is -0.346 e. The van der Waals surface area contributed by atoms with E-state index >= 15 is 0 Å². The Morgan fingerprint density at radius 2 is 1.20 bits per heavy atom. The Labute approximate surface area is 197 Å². The monoisotopic (exact) mass is 402 g/mol. The molecule has 0 aliphatic carbocycles. The van der Waals surface area contributed by atoms with Crippen molar-refractivity contribution in [2.24, 2.45) is 5.73 Å². The molecule has 0 saturated carbocycles. The van der Waals surface area contributed by atoms with Gasteiger partial charge in [0, 0.05) is 64.4 Å². The summed E-state index contributed by atoms with van der Waals surface area (Å²) in [6.45, 7) is 2.21. The Bertz CT molecular complexity index is 402. The van der Waals surface area contributed by atoms with Crippen LogP contribution >= 0.6 is 0 Å². The summed E-state index contributed by atoms with van der Waals surface area (Å²) >= 11 is 0. The Morgan fingerprint density at radius 1 is 0.800 bits per heavy atom. The van der Waals surface area contributed by atoms with E-state index in [1.807, 2.05) is 0 Å². The fourth-order valence-corrected chi connectivity index (χ4v) is 3.39. The van der Waals surface area contributed by atoms with Crippen molar-refractivity contribution >= 4 is 67.5 Å². The van der Waals surface area contributed by atoms with Crippen LogP contribution < -0.4 is 5.73 Å². The summed E-state index contributed by atoms with van der Waals surface area (Å²) in [6.07, 6.45) is 16.1. The first-order chi connectivity index (χ1) is 11.5. The van der Waals surface area contributed by atoms with E-state index in [-0.39, 0.29) is 70.1 Å². The van der Waals surface area contributed by atoms with Crippen molar-refractivity contribution in [3.05, 3.63) is 0 Å². The van der Waals surface area contributed by atoms with Crippen molar-refractivity contribution in [2.45, 2.75) is 96.8 Å². The molecule has 145 valence electrons. The number of rotatable bonds is 17. The first kappa shape index (κ1) is 28.2. The molecule has 2 N–H and O–H groups in total. The summed E-state index contributed by atoms with van der Waals surface area (Å²) in [5.74, 6) is -0.969. The second-order valence-corrected chi connectivity index (χ2v) is 8.19. The SMILES string of the molecule is CCCCCCCCCCCCCCCC(=O)OS(=O)(=O)CCN.[K]. The third-order valence-corrected chi connectivity index (χ3v) is 5.25. The molecule has 0 bridgehead atoms. The van der Waals surface area contributed by atoms with Crippen LogP contribution in [0, 0.1) is 0 Å². The predicted octanol–water partition coefficient (Wildman–Crippen LogP) is 3.92. The standard InChI is InChI=1S/C18H37NO4S.K/c1-2-3-4-5-6-7-8-9-10-11-12-13-14-15-18(20)23-24(21,22)17-16-19;/h2-17,19H2,1H3;. The Kier molecular flexibility index (Phi) is 22.3. The second-order valence-electron chi connectivity index (χ2n) is 6.50. The van der Waals surface area contributed by atoms with Crippen LogP contribution in [0.3, 0.4) is 0 Å². The Morgan fingerprint density at radius 3 is 1.60 bits per heavy atom. The third-order valence-electron chi connectivity index (χ3n) is 4.07. The molecule has 0 aliphatic rings. The van der Waals surface area contributed by atoms with Gasteiger partial charge in [0.05, 0.1) is 5.75 Å². The zero-order valence-corrected chi connectivity index (χ0v) is 20.4. The quantitative estimate of drug-likeness (QED) is 0.226. The molecule has 0 amide bonds. The maximum atomic E-state index is 11.4. The number of nitrogens with two attached hydrogens (primary N) is 1. The van der Waals surface area contributed by atoms with Gasteiger partial charge in [-0.25, -0.2) is 0 Å². The molecule has 0 heterocycles. The van der Waals surface area contributed by atoms with Crippen LogP contribution in [0.25, 0.3) is 0 Å². The molecule has 0 aromatic heterocycles. The average molecular weight is 403 g/mol. The van der Waals surface area contributed by atoms with Gasteiger partial charge in [-0.3, -0.25) is 4.79 Å². The van der Waals surface area contributed by atoms with Crippen molar-refractivity contribution in [1.82, 2.24) is 0 Å². The van der Waals surface area contributed by atoms with E-state index in [0.29, 0.717) is 6.42 Å². The van der Waals surface area contributed by atoms with E-state index in [2.05, 4.69) is 11.1 Å². The maximum absolute atomic E-state index is 11.4. The number of unbranched alkanes of at least 4 members (excludes halogenated alkanes) is 12. The van der Waals surface area contributed by atoms with Gasteiger partial charge in [0.25, 0.3) is 0 Å². The molecule has 0 rings (SSSR count). The molecule has 7 heteroatoms. The van der Waals surface area contributed by atoms with Crippen LogP contribution in [-0.2, 0) is 19.1 Å². The number of carbonyl (C=O) groups excluding carboxylic acids is 1. The van der Waals surface area contributed by atoms with Gasteiger partial charge in [-0.1, -0.05) is 84.0 Å². The fraction of sp³-hybridized carbons (Fsp3) is 0.944. The van der Waals surface area contributed by atoms with Gasteiger partial charge in [-0.15, -0.1) is 0 Å². The van der Waals surface area contributed by atoms with Gasteiger partial charge in [0.2, 0.25) is 0 Å². The largest absolute Gasteiger partial charge is 0.346 e. The van der Waals surface area contributed by atoms with Crippen LogP contribution in [-0.4, -0.2) is 78.1 Å². The van der Waals surface area contributed by atoms with Gasteiger partial charge in [0.1, 0.15) is 0 Å². The van der Waals surface area contributed by atoms with Crippen LogP contribution in [0.5, 0.6) is 0 Å². The smallest absolute Gasteiger partial charge is 0.322 e. The van der Waals surface area contributed by atoms with Gasteiger partial charge < -0.3 is 9.92 Å². The van der Waals surface area contributed by atoms with Crippen molar-refractivity contribution in [3.8, 4) is 0 Å². The van der Waals surface area contributed by atoms with Crippen molar-refractivity contribution in [2.75, 3.05) is 12.3 Å². The first-order valence-corrected chi connectivity index (χ1v) is 11.2. The molecular weight excluding hydrogens is 365 g/mol. The first-order valence-electron chi connectivity index (χ1n) is 9.67. The molecule has 0 aliphatic heterocycles. The number of carbonyl (C=O) groups is 1. The summed E-state index contributed by atoms with van der Waals surface area (Å²) in [4.78, 5) is 11.4. The fourth-order valence-electron chi connectivity index (χ4n) is 2.66. The summed E-state index contributed by atoms with van der Waals surface area (Å²) in [7, 11) is -3.77. The zero-order valence-electron chi connectivity index (χ0n) is 16.4. The van der Waals surface area contributed by atoms with E-state index in [0.717, 1.165) is 12.8 Å². The summed E-state index contributed by atoms with van der Waals surface area (Å²) < 4.78 is 26.9. The molecule has 0 unspecified atom stereocenters. The van der Waals surface area contributed by atoms with Gasteiger partial charge >= 0.3 is 16.1 Å². The minimum atomic E-state index is -3.77. The average Bonchev–Trinajstić information content (AvgIpc) is 2.51. The van der Waals surface area contributed by atoms with Crippen LogP contribution in [0.2, 0.25) is 0 Å². The summed E-state index contributed by atoms with van der Waals surface area (Å²) in [6, 6.07) is 0. The molecule has 5 nitrogen and oxygen atoms in total. The second kappa shape index (κ2) is 19.8. The predicted molar refractivity (Wildman–Crippen MR) is 105 cm³/mol.